The smallest absolute Gasteiger partial charge is 0.388 e. The molecule has 0 radical (unpaired) electrons. The highest BCUT2D eigenvalue weighted by atomic mass is 35.5. The van der Waals surface area contributed by atoms with Gasteiger partial charge in [-0.05, 0) is 6.26 Å². The van der Waals surface area contributed by atoms with E-state index < -0.39 is 77.0 Å². The lowest BCUT2D eigenvalue weighted by Crippen LogP contribution is -2.32. The molecule has 1 aliphatic rings. The molecule has 0 saturated carbocycles. The summed E-state index contributed by atoms with van der Waals surface area (Å²) < 4.78 is 85.2. The molecule has 45 heavy (non-hydrogen) atoms. The maximum atomic E-state index is 12.7. The predicted molar refractivity (Wildman–Crippen MR) is 157 cm³/mol. The van der Waals surface area contributed by atoms with Crippen molar-refractivity contribution < 1.29 is 70.2 Å². The van der Waals surface area contributed by atoms with Gasteiger partial charge in [-0.2, -0.15) is 24.9 Å². The third-order valence-corrected chi connectivity index (χ3v) is 15.0. The Morgan fingerprint density at radius 1 is 1.11 bits per heavy atom. The van der Waals surface area contributed by atoms with Crippen molar-refractivity contribution in [3.63, 3.8) is 0 Å². The number of phosphoric acid groups is 1. The molecule has 0 aromatic carbocycles. The summed E-state index contributed by atoms with van der Waals surface area (Å²) in [5.74, 6) is 0.487. The maximum absolute atomic E-state index is 12.7. The number of alkyl halides is 5. The number of nitrogens with zero attached hydrogens (tertiary/aromatic N) is 4. The second-order valence-corrected chi connectivity index (χ2v) is 19.2. The molecule has 2 unspecified atom stereocenters. The first kappa shape index (κ1) is 39.2. The van der Waals surface area contributed by atoms with Crippen LogP contribution < -0.4 is 5.32 Å². The van der Waals surface area contributed by atoms with Gasteiger partial charge in [0.1, 0.15) is 12.2 Å². The normalized spacial score (nSPS) is 24.1. The van der Waals surface area contributed by atoms with Gasteiger partial charge in [-0.15, -0.1) is 0 Å². The van der Waals surface area contributed by atoms with Gasteiger partial charge >= 0.3 is 33.0 Å². The molecule has 3 rings (SSSR count). The van der Waals surface area contributed by atoms with Crippen LogP contribution in [0.5, 0.6) is 0 Å². The Bertz CT molecular complexity index is 1490. The second kappa shape index (κ2) is 15.1. The standard InChI is InChI=1S/C18H27Cl2F3N5O12P3S2/c1-44-7-4-24-13-10-14(27-16(26-13)45-6-3-17(21,22)23)28(8-25-10)15-12(30)11(29)9(39-15)2-5-38-43(36,37)40-42(34,35)18(19,20)41(31,32)33/h8-9,11-12,15,29-30H,2-7H2,1H3,(H,34,35)(H,36,37)(H,24,26,27)(H2,31,32,33)/t9-,11-,12-,15-/m1/s1. The van der Waals surface area contributed by atoms with Gasteiger partial charge in [0.05, 0.1) is 25.5 Å². The number of imidazole rings is 1. The van der Waals surface area contributed by atoms with Crippen LogP contribution in [-0.4, -0.2) is 109 Å². The van der Waals surface area contributed by atoms with Gasteiger partial charge in [0.2, 0.25) is 0 Å². The van der Waals surface area contributed by atoms with Gasteiger partial charge in [-0.25, -0.2) is 23.8 Å². The number of ether oxygens (including phenoxy) is 1. The second-order valence-electron chi connectivity index (χ2n) is 9.10. The largest absolute Gasteiger partial charge is 0.479 e. The molecule has 6 atom stereocenters. The molecule has 17 nitrogen and oxygen atoms in total. The molecule has 7 N–H and O–H groups in total. The molecule has 1 fully saturated rings. The van der Waals surface area contributed by atoms with E-state index in [0.29, 0.717) is 12.3 Å². The highest BCUT2D eigenvalue weighted by Crippen LogP contribution is 2.79. The van der Waals surface area contributed by atoms with Crippen molar-refractivity contribution in [2.75, 3.05) is 36.2 Å². The number of phosphoric ester groups is 1. The quantitative estimate of drug-likeness (QED) is 0.0423. The van der Waals surface area contributed by atoms with E-state index in [1.54, 1.807) is 0 Å². The minimum atomic E-state index is -5.90. The molecule has 0 bridgehead atoms. The summed E-state index contributed by atoms with van der Waals surface area (Å²) in [5, 5.41) is 24.3. The van der Waals surface area contributed by atoms with Gasteiger partial charge in [0.25, 0.3) is 0 Å². The van der Waals surface area contributed by atoms with E-state index in [0.717, 1.165) is 11.8 Å². The van der Waals surface area contributed by atoms with Crippen LogP contribution in [-0.2, 0) is 27.3 Å². The van der Waals surface area contributed by atoms with Crippen LogP contribution in [0.25, 0.3) is 11.2 Å². The van der Waals surface area contributed by atoms with Crippen LogP contribution in [0.4, 0.5) is 19.0 Å². The van der Waals surface area contributed by atoms with E-state index >= 15 is 0 Å². The number of anilines is 1. The highest BCUT2D eigenvalue weighted by Gasteiger charge is 2.62. The predicted octanol–water partition coefficient (Wildman–Crippen LogP) is 3.24. The molecule has 0 amide bonds. The summed E-state index contributed by atoms with van der Waals surface area (Å²) in [7, 11) is -17.2. The van der Waals surface area contributed by atoms with Crippen molar-refractivity contribution in [1.29, 1.82) is 0 Å². The number of nitrogens with one attached hydrogen (secondary N) is 1. The number of hydrogen-bond donors (Lipinski definition) is 7. The summed E-state index contributed by atoms with van der Waals surface area (Å²) >= 11 is 12.7. The maximum Gasteiger partial charge on any atom is 0.479 e. The number of hydrogen-bond acceptors (Lipinski definition) is 14. The van der Waals surface area contributed by atoms with Gasteiger partial charge < -0.3 is 39.8 Å². The molecule has 0 aliphatic carbocycles. The zero-order valence-electron chi connectivity index (χ0n) is 22.6. The molecule has 1 saturated heterocycles. The molecular weight excluding hydrogens is 763 g/mol. The lowest BCUT2D eigenvalue weighted by atomic mass is 10.1. The fourth-order valence-corrected chi connectivity index (χ4v) is 9.03. The van der Waals surface area contributed by atoms with Crippen LogP contribution in [0, 0.1) is 0 Å². The number of fused-ring (bicyclic) bond motifs is 1. The fourth-order valence-electron chi connectivity index (χ4n) is 3.66. The molecule has 27 heteroatoms. The minimum absolute atomic E-state index is 0.0327. The average molecular weight is 790 g/mol. The van der Waals surface area contributed by atoms with E-state index in [2.05, 4.69) is 29.1 Å². The molecule has 2 aromatic heterocycles. The number of aromatic nitrogens is 4. The van der Waals surface area contributed by atoms with Crippen molar-refractivity contribution >= 4 is 86.7 Å². The number of rotatable bonds is 16. The van der Waals surface area contributed by atoms with Crippen LogP contribution >= 0.6 is 69.7 Å². The van der Waals surface area contributed by atoms with Crippen LogP contribution in [0.1, 0.15) is 19.1 Å². The number of aliphatic hydroxyl groups excluding tert-OH is 2. The first-order valence-electron chi connectivity index (χ1n) is 12.2. The Labute approximate surface area is 270 Å². The van der Waals surface area contributed by atoms with E-state index in [1.807, 2.05) is 6.26 Å². The molecule has 2 aromatic rings. The van der Waals surface area contributed by atoms with E-state index in [4.69, 9.17) is 37.7 Å². The Balaban J connectivity index is 1.75. The molecular formula is C18H27Cl2F3N5O12P3S2. The average Bonchev–Trinajstić information content (AvgIpc) is 3.43. The third-order valence-electron chi connectivity index (χ3n) is 5.79. The van der Waals surface area contributed by atoms with Crippen LogP contribution in [0.2, 0.25) is 0 Å². The SMILES string of the molecule is CSCCNc1nc(SCCC(F)(F)F)nc2c1ncn2[C@@H]1O[C@H](CCOP(=O)(O)OP(=O)(O)C(Cl)(Cl)P(=O)(O)O)[C@@H](O)[C@H]1O. The number of aliphatic hydroxyl groups is 2. The van der Waals surface area contributed by atoms with Gasteiger partial charge in [-0.3, -0.25) is 18.2 Å². The van der Waals surface area contributed by atoms with Crippen molar-refractivity contribution in [2.45, 2.75) is 52.5 Å². The number of thioether (sulfide) groups is 2. The van der Waals surface area contributed by atoms with Crippen molar-refractivity contribution in [3.05, 3.63) is 6.33 Å². The van der Waals surface area contributed by atoms with Crippen molar-refractivity contribution in [2.24, 2.45) is 0 Å². The van der Waals surface area contributed by atoms with Crippen molar-refractivity contribution in [3.8, 4) is 0 Å². The Morgan fingerprint density at radius 2 is 1.78 bits per heavy atom. The molecule has 258 valence electrons. The summed E-state index contributed by atoms with van der Waals surface area (Å²) in [5.41, 5.74) is 0.229. The van der Waals surface area contributed by atoms with Crippen molar-refractivity contribution in [1.82, 2.24) is 19.5 Å². The van der Waals surface area contributed by atoms with Gasteiger partial charge in [-0.1, -0.05) is 35.0 Å². The topological polar surface area (TPSA) is 256 Å². The lowest BCUT2D eigenvalue weighted by Gasteiger charge is -2.26. The molecule has 0 spiro atoms. The Hall–Kier alpha value is -0.250. The Kier molecular flexibility index (Phi) is 13.2. The van der Waals surface area contributed by atoms with Gasteiger partial charge in [0.15, 0.2) is 28.4 Å². The zero-order chi connectivity index (χ0) is 34.0. The summed E-state index contributed by atoms with van der Waals surface area (Å²) in [4.78, 5) is 50.4. The minimum Gasteiger partial charge on any atom is -0.388 e. The summed E-state index contributed by atoms with van der Waals surface area (Å²) in [6.07, 6.45) is -8.86. The first-order valence-corrected chi connectivity index (χ1v) is 20.1. The third kappa shape index (κ3) is 9.90. The highest BCUT2D eigenvalue weighted by molar-refractivity contribution is 7.99. The zero-order valence-corrected chi connectivity index (χ0v) is 28.4. The van der Waals surface area contributed by atoms with Crippen LogP contribution in [0.15, 0.2) is 11.5 Å². The monoisotopic (exact) mass is 789 g/mol. The number of halogens is 5. The van der Waals surface area contributed by atoms with E-state index in [1.165, 1.54) is 22.7 Å². The lowest BCUT2D eigenvalue weighted by molar-refractivity contribution is -0.129. The molecule has 1 aliphatic heterocycles. The fraction of sp³-hybridized carbons (Fsp3) is 0.722. The van der Waals surface area contributed by atoms with Crippen LogP contribution in [0.3, 0.4) is 0 Å². The van der Waals surface area contributed by atoms with Gasteiger partial charge in [0, 0.05) is 24.5 Å². The van der Waals surface area contributed by atoms with E-state index in [-0.39, 0.29) is 27.9 Å². The van der Waals surface area contributed by atoms with E-state index in [9.17, 15) is 46.9 Å². The first-order chi connectivity index (χ1) is 20.6. The summed E-state index contributed by atoms with van der Waals surface area (Å²) in [6.45, 7) is -0.408. The Morgan fingerprint density at radius 3 is 2.38 bits per heavy atom. The molecule has 3 heterocycles. The summed E-state index contributed by atoms with van der Waals surface area (Å²) in [6, 6.07) is 0.